The van der Waals surface area contributed by atoms with E-state index in [1.165, 1.54) is 0 Å². The van der Waals surface area contributed by atoms with Crippen LogP contribution in [-0.4, -0.2) is 5.91 Å². The number of halogens is 1. The molecule has 5 heteroatoms. The summed E-state index contributed by atoms with van der Waals surface area (Å²) in [7, 11) is 0. The summed E-state index contributed by atoms with van der Waals surface area (Å²) in [6, 6.07) is 11.1. The first kappa shape index (κ1) is 14.4. The van der Waals surface area contributed by atoms with Crippen molar-refractivity contribution in [3.8, 4) is 0 Å². The minimum absolute atomic E-state index is 0.454. The summed E-state index contributed by atoms with van der Waals surface area (Å²) in [4.78, 5) is 11.4. The van der Waals surface area contributed by atoms with Crippen LogP contribution in [0.5, 0.6) is 0 Å². The van der Waals surface area contributed by atoms with Gasteiger partial charge in [-0.25, -0.2) is 0 Å². The Balaban J connectivity index is 2.24. The minimum atomic E-state index is -0.454. The Bertz CT molecular complexity index is 656. The molecule has 2 rings (SSSR count). The Labute approximate surface area is 126 Å². The molecule has 0 aliphatic heterocycles. The van der Waals surface area contributed by atoms with Crippen molar-refractivity contribution in [2.45, 2.75) is 13.5 Å². The second kappa shape index (κ2) is 5.96. The van der Waals surface area contributed by atoms with Gasteiger partial charge >= 0.3 is 0 Å². The molecular weight excluding hydrogens is 318 g/mol. The van der Waals surface area contributed by atoms with Crippen LogP contribution in [0, 0.1) is 6.92 Å². The van der Waals surface area contributed by atoms with Gasteiger partial charge in [-0.15, -0.1) is 0 Å². The predicted octanol–water partition coefficient (Wildman–Crippen LogP) is 3.05. The van der Waals surface area contributed by atoms with E-state index in [-0.39, 0.29) is 0 Å². The van der Waals surface area contributed by atoms with Crippen molar-refractivity contribution in [2.24, 2.45) is 5.73 Å². The summed E-state index contributed by atoms with van der Waals surface area (Å²) in [5.41, 5.74) is 15.3. The molecule has 0 saturated carbocycles. The molecule has 4 nitrogen and oxygen atoms in total. The predicted molar refractivity (Wildman–Crippen MR) is 85.6 cm³/mol. The number of hydrogen-bond donors (Lipinski definition) is 3. The highest BCUT2D eigenvalue weighted by Crippen LogP contribution is 2.23. The molecule has 1 amide bonds. The first-order valence-corrected chi connectivity index (χ1v) is 6.95. The van der Waals surface area contributed by atoms with Gasteiger partial charge in [0.25, 0.3) is 5.91 Å². The van der Waals surface area contributed by atoms with E-state index in [0.29, 0.717) is 17.8 Å². The molecule has 0 unspecified atom stereocenters. The molecule has 0 bridgehead atoms. The van der Waals surface area contributed by atoms with Crippen LogP contribution in [0.25, 0.3) is 0 Å². The van der Waals surface area contributed by atoms with Crippen LogP contribution >= 0.6 is 15.9 Å². The van der Waals surface area contributed by atoms with Crippen LogP contribution in [0.3, 0.4) is 0 Å². The molecule has 104 valence electrons. The molecule has 0 aliphatic carbocycles. The van der Waals surface area contributed by atoms with Crippen molar-refractivity contribution in [1.82, 2.24) is 0 Å². The van der Waals surface area contributed by atoms with Gasteiger partial charge in [-0.2, -0.15) is 0 Å². The number of carbonyl (C=O) groups excluding carboxylic acids is 1. The van der Waals surface area contributed by atoms with Gasteiger partial charge in [0.2, 0.25) is 0 Å². The normalized spacial score (nSPS) is 10.3. The van der Waals surface area contributed by atoms with E-state index in [9.17, 15) is 4.79 Å². The van der Waals surface area contributed by atoms with Crippen molar-refractivity contribution in [3.63, 3.8) is 0 Å². The maximum atomic E-state index is 11.4. The topological polar surface area (TPSA) is 81.1 Å². The first-order valence-electron chi connectivity index (χ1n) is 6.16. The number of benzene rings is 2. The molecule has 20 heavy (non-hydrogen) atoms. The lowest BCUT2D eigenvalue weighted by atomic mass is 10.1. The minimum Gasteiger partial charge on any atom is -0.399 e. The van der Waals surface area contributed by atoms with E-state index >= 15 is 0 Å². The van der Waals surface area contributed by atoms with Crippen LogP contribution in [0.1, 0.15) is 21.5 Å². The Kier molecular flexibility index (Phi) is 4.29. The number of nitrogens with one attached hydrogen (secondary N) is 1. The fourth-order valence-corrected chi connectivity index (χ4v) is 2.32. The van der Waals surface area contributed by atoms with Gasteiger partial charge < -0.3 is 16.8 Å². The van der Waals surface area contributed by atoms with Crippen molar-refractivity contribution in [2.75, 3.05) is 11.1 Å². The highest BCUT2D eigenvalue weighted by atomic mass is 79.9. The van der Waals surface area contributed by atoms with Gasteiger partial charge in [0.05, 0.1) is 5.56 Å². The zero-order valence-electron chi connectivity index (χ0n) is 11.1. The third-order valence-corrected chi connectivity index (χ3v) is 3.70. The van der Waals surface area contributed by atoms with Crippen LogP contribution in [-0.2, 0) is 6.54 Å². The van der Waals surface area contributed by atoms with Gasteiger partial charge in [0, 0.05) is 22.4 Å². The van der Waals surface area contributed by atoms with E-state index in [1.807, 2.05) is 31.2 Å². The smallest absolute Gasteiger partial charge is 0.250 e. The van der Waals surface area contributed by atoms with Crippen molar-refractivity contribution in [3.05, 3.63) is 57.6 Å². The van der Waals surface area contributed by atoms with Crippen molar-refractivity contribution < 1.29 is 4.79 Å². The summed E-state index contributed by atoms with van der Waals surface area (Å²) in [5.74, 6) is -0.454. The van der Waals surface area contributed by atoms with Crippen molar-refractivity contribution in [1.29, 1.82) is 0 Å². The number of amides is 1. The zero-order chi connectivity index (χ0) is 14.7. The summed E-state index contributed by atoms with van der Waals surface area (Å²) in [6.07, 6.45) is 0. The second-order valence-electron chi connectivity index (χ2n) is 4.54. The summed E-state index contributed by atoms with van der Waals surface area (Å²) >= 11 is 3.39. The first-order chi connectivity index (χ1) is 9.49. The van der Waals surface area contributed by atoms with Gasteiger partial charge in [0.15, 0.2) is 0 Å². The molecular formula is C15H16BrN3O. The lowest BCUT2D eigenvalue weighted by molar-refractivity contribution is 0.100. The summed E-state index contributed by atoms with van der Waals surface area (Å²) in [5, 5.41) is 3.23. The maximum absolute atomic E-state index is 11.4. The number of carbonyl (C=O) groups is 1. The monoisotopic (exact) mass is 333 g/mol. The molecule has 0 fully saturated rings. The van der Waals surface area contributed by atoms with Gasteiger partial charge in [-0.1, -0.05) is 28.1 Å². The molecule has 2 aromatic carbocycles. The fraction of sp³-hybridized carbons (Fsp3) is 0.133. The van der Waals surface area contributed by atoms with E-state index in [4.69, 9.17) is 11.5 Å². The molecule has 5 N–H and O–H groups in total. The Morgan fingerprint density at radius 3 is 2.75 bits per heavy atom. The van der Waals surface area contributed by atoms with Gasteiger partial charge in [-0.05, 0) is 42.3 Å². The lowest BCUT2D eigenvalue weighted by Gasteiger charge is -2.13. The average molecular weight is 334 g/mol. The van der Waals surface area contributed by atoms with E-state index in [2.05, 4.69) is 21.2 Å². The SMILES string of the molecule is Cc1c(N)cccc1CNc1cc(Br)ccc1C(N)=O. The molecule has 0 radical (unpaired) electrons. The number of anilines is 2. The third kappa shape index (κ3) is 3.11. The molecule has 2 aromatic rings. The van der Waals surface area contributed by atoms with Crippen LogP contribution in [0.2, 0.25) is 0 Å². The molecule has 0 spiro atoms. The van der Waals surface area contributed by atoms with E-state index in [0.717, 1.165) is 21.3 Å². The second-order valence-corrected chi connectivity index (χ2v) is 5.45. The van der Waals surface area contributed by atoms with Gasteiger partial charge in [-0.3, -0.25) is 4.79 Å². The number of nitrogen functional groups attached to an aromatic ring is 1. The van der Waals surface area contributed by atoms with Crippen LogP contribution in [0.15, 0.2) is 40.9 Å². The Morgan fingerprint density at radius 2 is 2.05 bits per heavy atom. The maximum Gasteiger partial charge on any atom is 0.250 e. The standard InChI is InChI=1S/C15H16BrN3O/c1-9-10(3-2-4-13(9)17)8-19-14-7-11(16)5-6-12(14)15(18)20/h2-7,19H,8,17H2,1H3,(H2,18,20). The lowest BCUT2D eigenvalue weighted by Crippen LogP contribution is -2.14. The fourth-order valence-electron chi connectivity index (χ4n) is 1.96. The van der Waals surface area contributed by atoms with E-state index < -0.39 is 5.91 Å². The quantitative estimate of drug-likeness (QED) is 0.752. The Hall–Kier alpha value is -2.01. The molecule has 0 saturated heterocycles. The molecule has 0 heterocycles. The highest BCUT2D eigenvalue weighted by molar-refractivity contribution is 9.10. The summed E-state index contributed by atoms with van der Waals surface area (Å²) < 4.78 is 0.884. The van der Waals surface area contributed by atoms with Crippen LogP contribution < -0.4 is 16.8 Å². The molecule has 0 aliphatic rings. The van der Waals surface area contributed by atoms with Gasteiger partial charge in [0.1, 0.15) is 0 Å². The number of nitrogens with two attached hydrogens (primary N) is 2. The van der Waals surface area contributed by atoms with Crippen LogP contribution in [0.4, 0.5) is 11.4 Å². The summed E-state index contributed by atoms with van der Waals surface area (Å²) in [6.45, 7) is 2.55. The number of primary amides is 1. The average Bonchev–Trinajstić information content (AvgIpc) is 2.40. The Morgan fingerprint density at radius 1 is 1.30 bits per heavy atom. The number of rotatable bonds is 4. The number of hydrogen-bond acceptors (Lipinski definition) is 3. The molecule has 0 atom stereocenters. The zero-order valence-corrected chi connectivity index (χ0v) is 12.7. The highest BCUT2D eigenvalue weighted by Gasteiger charge is 2.09. The third-order valence-electron chi connectivity index (χ3n) is 3.20. The molecule has 0 aromatic heterocycles. The largest absolute Gasteiger partial charge is 0.399 e. The van der Waals surface area contributed by atoms with Crippen molar-refractivity contribution >= 4 is 33.2 Å². The van der Waals surface area contributed by atoms with E-state index in [1.54, 1.807) is 12.1 Å².